The van der Waals surface area contributed by atoms with Gasteiger partial charge in [-0.25, -0.2) is 0 Å². The number of aryl methyl sites for hydroxylation is 1. The van der Waals surface area contributed by atoms with Gasteiger partial charge in [-0.1, -0.05) is 5.21 Å². The molecule has 1 fully saturated rings. The van der Waals surface area contributed by atoms with Gasteiger partial charge in [0.2, 0.25) is 5.91 Å². The van der Waals surface area contributed by atoms with Gasteiger partial charge in [-0.2, -0.15) is 5.10 Å². The van der Waals surface area contributed by atoms with Crippen molar-refractivity contribution in [3.05, 3.63) is 35.9 Å². The number of likely N-dealkylation sites (tertiary alicyclic amines) is 1. The molecule has 1 aliphatic heterocycles. The summed E-state index contributed by atoms with van der Waals surface area (Å²) in [5.41, 5.74) is 7.29. The van der Waals surface area contributed by atoms with Crippen LogP contribution in [0.25, 0.3) is 6.08 Å². The van der Waals surface area contributed by atoms with Crippen molar-refractivity contribution in [3.8, 4) is 0 Å². The summed E-state index contributed by atoms with van der Waals surface area (Å²) >= 11 is 0. The monoisotopic (exact) mass is 329 g/mol. The van der Waals surface area contributed by atoms with Crippen LogP contribution < -0.4 is 5.73 Å². The summed E-state index contributed by atoms with van der Waals surface area (Å²) in [6.07, 6.45) is 10.9. The Kier molecular flexibility index (Phi) is 5.05. The number of carbonyl (C=O) groups is 1. The van der Waals surface area contributed by atoms with E-state index in [0.717, 1.165) is 43.7 Å². The van der Waals surface area contributed by atoms with Crippen LogP contribution in [-0.4, -0.2) is 48.7 Å². The van der Waals surface area contributed by atoms with Crippen molar-refractivity contribution in [1.82, 2.24) is 29.7 Å². The molecule has 0 unspecified atom stereocenters. The van der Waals surface area contributed by atoms with E-state index >= 15 is 0 Å². The second kappa shape index (κ2) is 7.39. The maximum atomic E-state index is 12.3. The van der Waals surface area contributed by atoms with Gasteiger partial charge in [0.05, 0.1) is 11.9 Å². The summed E-state index contributed by atoms with van der Waals surface area (Å²) in [4.78, 5) is 14.2. The fraction of sp³-hybridized carbons (Fsp3) is 0.500. The summed E-state index contributed by atoms with van der Waals surface area (Å²) < 4.78 is 3.57. The zero-order valence-electron chi connectivity index (χ0n) is 13.9. The number of aromatic nitrogens is 5. The average Bonchev–Trinajstić information content (AvgIpc) is 3.22. The smallest absolute Gasteiger partial charge is 0.246 e. The molecule has 1 saturated heterocycles. The van der Waals surface area contributed by atoms with Crippen molar-refractivity contribution < 1.29 is 4.79 Å². The Bertz CT molecular complexity index is 710. The van der Waals surface area contributed by atoms with E-state index in [1.165, 1.54) is 0 Å². The van der Waals surface area contributed by atoms with Gasteiger partial charge in [0, 0.05) is 57.3 Å². The molecule has 8 nitrogen and oxygen atoms in total. The highest BCUT2D eigenvalue weighted by atomic mass is 16.2. The summed E-state index contributed by atoms with van der Waals surface area (Å²) in [6.45, 7) is 2.80. The maximum absolute atomic E-state index is 12.3. The van der Waals surface area contributed by atoms with E-state index in [4.69, 9.17) is 5.73 Å². The minimum atomic E-state index is 0.0588. The Balaban J connectivity index is 1.47. The lowest BCUT2D eigenvalue weighted by atomic mass is 9.97. The van der Waals surface area contributed by atoms with Crippen molar-refractivity contribution in [3.63, 3.8) is 0 Å². The van der Waals surface area contributed by atoms with Crippen LogP contribution in [0, 0.1) is 5.92 Å². The van der Waals surface area contributed by atoms with Gasteiger partial charge in [-0.3, -0.25) is 14.2 Å². The number of hydrogen-bond donors (Lipinski definition) is 1. The largest absolute Gasteiger partial charge is 0.339 e. The van der Waals surface area contributed by atoms with Crippen molar-refractivity contribution in [2.75, 3.05) is 13.1 Å². The van der Waals surface area contributed by atoms with Crippen LogP contribution >= 0.6 is 0 Å². The first-order valence-corrected chi connectivity index (χ1v) is 8.19. The predicted octanol–water partition coefficient (Wildman–Crippen LogP) is 0.422. The molecule has 2 aromatic rings. The van der Waals surface area contributed by atoms with Gasteiger partial charge >= 0.3 is 0 Å². The normalized spacial score (nSPS) is 16.2. The van der Waals surface area contributed by atoms with Crippen molar-refractivity contribution in [1.29, 1.82) is 0 Å². The van der Waals surface area contributed by atoms with Crippen LogP contribution in [0.4, 0.5) is 0 Å². The molecule has 24 heavy (non-hydrogen) atoms. The Labute approximate surface area is 140 Å². The number of carbonyl (C=O) groups excluding carboxylic acids is 1. The van der Waals surface area contributed by atoms with Crippen molar-refractivity contribution >= 4 is 12.0 Å². The average molecular weight is 329 g/mol. The summed E-state index contributed by atoms with van der Waals surface area (Å²) in [6, 6.07) is 0. The third kappa shape index (κ3) is 4.08. The van der Waals surface area contributed by atoms with E-state index in [-0.39, 0.29) is 5.91 Å². The third-order valence-electron chi connectivity index (χ3n) is 4.31. The van der Waals surface area contributed by atoms with Gasteiger partial charge in [0.15, 0.2) is 0 Å². The molecular formula is C16H23N7O. The molecule has 0 atom stereocenters. The van der Waals surface area contributed by atoms with Gasteiger partial charge in [-0.15, -0.1) is 5.10 Å². The van der Waals surface area contributed by atoms with Crippen LogP contribution in [0.15, 0.2) is 24.7 Å². The summed E-state index contributed by atoms with van der Waals surface area (Å²) in [7, 11) is 1.86. The van der Waals surface area contributed by atoms with Gasteiger partial charge in [0.25, 0.3) is 0 Å². The Hall–Kier alpha value is -2.48. The molecule has 128 valence electrons. The van der Waals surface area contributed by atoms with Crippen molar-refractivity contribution in [2.24, 2.45) is 18.7 Å². The molecule has 0 aromatic carbocycles. The fourth-order valence-electron chi connectivity index (χ4n) is 2.92. The molecule has 1 amide bonds. The molecule has 0 spiro atoms. The van der Waals surface area contributed by atoms with E-state index in [9.17, 15) is 4.79 Å². The van der Waals surface area contributed by atoms with Crippen molar-refractivity contribution in [2.45, 2.75) is 25.9 Å². The fourth-order valence-corrected chi connectivity index (χ4v) is 2.92. The van der Waals surface area contributed by atoms with E-state index in [0.29, 0.717) is 12.5 Å². The quantitative estimate of drug-likeness (QED) is 0.802. The molecular weight excluding hydrogens is 306 g/mol. The van der Waals surface area contributed by atoms with Crippen LogP contribution in [-0.2, 0) is 24.9 Å². The highest BCUT2D eigenvalue weighted by molar-refractivity contribution is 5.91. The number of piperidine rings is 1. The summed E-state index contributed by atoms with van der Waals surface area (Å²) in [5, 5.41) is 12.2. The highest BCUT2D eigenvalue weighted by Gasteiger charge is 2.22. The van der Waals surface area contributed by atoms with E-state index in [2.05, 4.69) is 15.4 Å². The lowest BCUT2D eigenvalue weighted by Crippen LogP contribution is -2.38. The van der Waals surface area contributed by atoms with E-state index in [1.807, 2.05) is 35.1 Å². The van der Waals surface area contributed by atoms with E-state index in [1.54, 1.807) is 17.0 Å². The SMILES string of the molecule is Cn1cc(C=CC(=O)N2CCC(Cn3cc(CN)nn3)CC2)cn1. The van der Waals surface area contributed by atoms with Crippen LogP contribution in [0.1, 0.15) is 24.1 Å². The zero-order chi connectivity index (χ0) is 16.9. The first kappa shape index (κ1) is 16.4. The molecule has 0 aliphatic carbocycles. The van der Waals surface area contributed by atoms with Crippen LogP contribution in [0.3, 0.4) is 0 Å². The summed E-state index contributed by atoms with van der Waals surface area (Å²) in [5.74, 6) is 0.576. The molecule has 8 heteroatoms. The van der Waals surface area contributed by atoms with Gasteiger partial charge < -0.3 is 10.6 Å². The molecule has 2 N–H and O–H groups in total. The Morgan fingerprint density at radius 2 is 2.17 bits per heavy atom. The highest BCUT2D eigenvalue weighted by Crippen LogP contribution is 2.19. The first-order chi connectivity index (χ1) is 11.6. The molecule has 0 saturated carbocycles. The third-order valence-corrected chi connectivity index (χ3v) is 4.31. The number of hydrogen-bond acceptors (Lipinski definition) is 5. The first-order valence-electron chi connectivity index (χ1n) is 8.19. The Morgan fingerprint density at radius 3 is 2.79 bits per heavy atom. The van der Waals surface area contributed by atoms with Gasteiger partial charge in [0.1, 0.15) is 0 Å². The molecule has 0 bridgehead atoms. The molecule has 2 aromatic heterocycles. The minimum absolute atomic E-state index is 0.0588. The maximum Gasteiger partial charge on any atom is 0.246 e. The molecule has 0 radical (unpaired) electrons. The molecule has 3 rings (SSSR count). The Morgan fingerprint density at radius 1 is 1.38 bits per heavy atom. The number of nitrogens with two attached hydrogens (primary N) is 1. The number of rotatable bonds is 5. The second-order valence-electron chi connectivity index (χ2n) is 6.19. The number of amides is 1. The minimum Gasteiger partial charge on any atom is -0.339 e. The van der Waals surface area contributed by atoms with Gasteiger partial charge in [-0.05, 0) is 24.8 Å². The lowest BCUT2D eigenvalue weighted by molar-refractivity contribution is -0.127. The topological polar surface area (TPSA) is 94.9 Å². The second-order valence-corrected chi connectivity index (χ2v) is 6.19. The predicted molar refractivity (Wildman–Crippen MR) is 89.5 cm³/mol. The molecule has 3 heterocycles. The number of nitrogens with zero attached hydrogens (tertiary/aromatic N) is 6. The molecule has 1 aliphatic rings. The zero-order valence-corrected chi connectivity index (χ0v) is 13.9. The van der Waals surface area contributed by atoms with Crippen LogP contribution in [0.5, 0.6) is 0 Å². The van der Waals surface area contributed by atoms with Crippen LogP contribution in [0.2, 0.25) is 0 Å². The standard InChI is InChI=1S/C16H23N7O/c1-21-10-14(9-18-21)2-3-16(24)22-6-4-13(5-7-22)11-23-12-15(8-17)19-20-23/h2-3,9-10,12-13H,4-8,11,17H2,1H3. The van der Waals surface area contributed by atoms with E-state index < -0.39 is 0 Å². The lowest BCUT2D eigenvalue weighted by Gasteiger charge is -2.31.